The third kappa shape index (κ3) is 3.07. The monoisotopic (exact) mass is 301 g/mol. The van der Waals surface area contributed by atoms with Crippen LogP contribution in [0.4, 0.5) is 0 Å². The van der Waals surface area contributed by atoms with E-state index in [2.05, 4.69) is 43.4 Å². The Morgan fingerprint density at radius 3 is 2.57 bits per heavy atom. The molecule has 2 aromatic carbocycles. The highest BCUT2D eigenvalue weighted by Gasteiger charge is 2.40. The minimum Gasteiger partial charge on any atom is -0.486 e. The van der Waals surface area contributed by atoms with Crippen LogP contribution in [0, 0.1) is 0 Å². The van der Waals surface area contributed by atoms with E-state index in [1.165, 1.54) is 11.1 Å². The lowest BCUT2D eigenvalue weighted by Gasteiger charge is -2.27. The van der Waals surface area contributed by atoms with Gasteiger partial charge in [-0.3, -0.25) is 0 Å². The van der Waals surface area contributed by atoms with Crippen molar-refractivity contribution in [1.82, 2.24) is 5.32 Å². The van der Waals surface area contributed by atoms with Crippen molar-refractivity contribution in [3.63, 3.8) is 0 Å². The van der Waals surface area contributed by atoms with Crippen LogP contribution in [0.15, 0.2) is 48.5 Å². The third-order valence-corrected chi connectivity index (χ3v) is 4.23. The summed E-state index contributed by atoms with van der Waals surface area (Å²) in [5.74, 6) is 0.992. The lowest BCUT2D eigenvalue weighted by Crippen LogP contribution is -2.39. The number of ether oxygens (including phenoxy) is 1. The maximum atomic E-state index is 6.05. The minimum absolute atomic E-state index is 0.219. The van der Waals surface area contributed by atoms with E-state index in [9.17, 15) is 0 Å². The van der Waals surface area contributed by atoms with Gasteiger partial charge in [0.25, 0.3) is 0 Å². The Kier molecular flexibility index (Phi) is 3.92. The van der Waals surface area contributed by atoms with E-state index >= 15 is 0 Å². The fourth-order valence-corrected chi connectivity index (χ4v) is 3.02. The van der Waals surface area contributed by atoms with Gasteiger partial charge in [-0.15, -0.1) is 0 Å². The summed E-state index contributed by atoms with van der Waals surface area (Å²) in [6.45, 7) is 5.17. The van der Waals surface area contributed by atoms with Gasteiger partial charge in [0.05, 0.1) is 6.04 Å². The minimum atomic E-state index is -0.219. The smallest absolute Gasteiger partial charge is 0.125 e. The van der Waals surface area contributed by atoms with E-state index in [1.54, 1.807) is 0 Å². The molecule has 3 rings (SSSR count). The van der Waals surface area contributed by atoms with Crippen molar-refractivity contribution in [3.8, 4) is 5.75 Å². The summed E-state index contributed by atoms with van der Waals surface area (Å²) in [6.07, 6.45) is 0.978. The molecule has 2 nitrogen and oxygen atoms in total. The number of halogens is 1. The van der Waals surface area contributed by atoms with Crippen molar-refractivity contribution in [1.29, 1.82) is 0 Å². The summed E-state index contributed by atoms with van der Waals surface area (Å²) in [4.78, 5) is 0. The molecule has 21 heavy (non-hydrogen) atoms. The van der Waals surface area contributed by atoms with Crippen molar-refractivity contribution in [3.05, 3.63) is 64.7 Å². The first-order valence-corrected chi connectivity index (χ1v) is 7.70. The number of para-hydroxylation sites is 1. The Morgan fingerprint density at radius 2 is 1.81 bits per heavy atom. The van der Waals surface area contributed by atoms with Crippen LogP contribution in [-0.4, -0.2) is 12.1 Å². The SMILES string of the molecule is CC1(C)Oc2ccccc2C1NCCc1ccc(Cl)cc1. The Labute approximate surface area is 131 Å². The molecule has 0 spiro atoms. The number of fused-ring (bicyclic) bond motifs is 1. The Bertz CT molecular complexity index is 621. The normalized spacial score (nSPS) is 19.1. The fraction of sp³-hybridized carbons (Fsp3) is 0.333. The second-order valence-corrected chi connectivity index (χ2v) is 6.44. The highest BCUT2D eigenvalue weighted by atomic mass is 35.5. The van der Waals surface area contributed by atoms with Gasteiger partial charge in [-0.1, -0.05) is 41.9 Å². The summed E-state index contributed by atoms with van der Waals surface area (Å²) >= 11 is 5.91. The van der Waals surface area contributed by atoms with Crippen molar-refractivity contribution < 1.29 is 4.74 Å². The van der Waals surface area contributed by atoms with Crippen LogP contribution < -0.4 is 10.1 Å². The predicted octanol–water partition coefficient (Wildman–Crippen LogP) is 4.38. The number of hydrogen-bond donors (Lipinski definition) is 1. The van der Waals surface area contributed by atoms with Gasteiger partial charge in [-0.2, -0.15) is 0 Å². The summed E-state index contributed by atoms with van der Waals surface area (Å²) < 4.78 is 6.05. The molecule has 3 heteroatoms. The lowest BCUT2D eigenvalue weighted by molar-refractivity contribution is 0.0968. The maximum absolute atomic E-state index is 6.05. The molecular formula is C18H20ClNO. The largest absolute Gasteiger partial charge is 0.486 e. The van der Waals surface area contributed by atoms with Gasteiger partial charge in [0.1, 0.15) is 11.4 Å². The van der Waals surface area contributed by atoms with Crippen LogP contribution in [-0.2, 0) is 6.42 Å². The molecule has 1 N–H and O–H groups in total. The molecule has 0 saturated carbocycles. The Morgan fingerprint density at radius 1 is 1.10 bits per heavy atom. The average Bonchev–Trinajstić information content (AvgIpc) is 2.71. The molecular weight excluding hydrogens is 282 g/mol. The molecule has 0 amide bonds. The zero-order chi connectivity index (χ0) is 14.9. The zero-order valence-electron chi connectivity index (χ0n) is 12.4. The molecule has 0 bridgehead atoms. The van der Waals surface area contributed by atoms with Gasteiger partial charge in [0.15, 0.2) is 0 Å². The van der Waals surface area contributed by atoms with E-state index in [1.807, 2.05) is 24.3 Å². The van der Waals surface area contributed by atoms with E-state index < -0.39 is 0 Å². The Hall–Kier alpha value is -1.51. The van der Waals surface area contributed by atoms with Crippen molar-refractivity contribution >= 4 is 11.6 Å². The molecule has 0 aliphatic carbocycles. The molecule has 0 radical (unpaired) electrons. The quantitative estimate of drug-likeness (QED) is 0.904. The maximum Gasteiger partial charge on any atom is 0.125 e. The van der Waals surface area contributed by atoms with Crippen LogP contribution in [0.25, 0.3) is 0 Å². The first-order chi connectivity index (χ1) is 10.1. The number of benzene rings is 2. The van der Waals surface area contributed by atoms with Gasteiger partial charge >= 0.3 is 0 Å². The average molecular weight is 302 g/mol. The van der Waals surface area contributed by atoms with Crippen molar-refractivity contribution in [2.24, 2.45) is 0 Å². The molecule has 1 unspecified atom stereocenters. The molecule has 0 fully saturated rings. The molecule has 0 aromatic heterocycles. The summed E-state index contributed by atoms with van der Waals surface area (Å²) in [5, 5.41) is 4.42. The van der Waals surface area contributed by atoms with Gasteiger partial charge in [0.2, 0.25) is 0 Å². The first kappa shape index (κ1) is 14.4. The van der Waals surface area contributed by atoms with Crippen LogP contribution >= 0.6 is 11.6 Å². The molecule has 1 atom stereocenters. The molecule has 0 saturated heterocycles. The first-order valence-electron chi connectivity index (χ1n) is 7.32. The van der Waals surface area contributed by atoms with Gasteiger partial charge in [-0.25, -0.2) is 0 Å². The van der Waals surface area contributed by atoms with Crippen molar-refractivity contribution in [2.75, 3.05) is 6.54 Å². The topological polar surface area (TPSA) is 21.3 Å². The van der Waals surface area contributed by atoms with E-state index in [4.69, 9.17) is 16.3 Å². The summed E-state index contributed by atoms with van der Waals surface area (Å²) in [7, 11) is 0. The molecule has 1 aliphatic rings. The molecule has 2 aromatic rings. The standard InChI is InChI=1S/C18H20ClNO/c1-18(2)17(15-5-3-4-6-16(15)21-18)20-12-11-13-7-9-14(19)10-8-13/h3-10,17,20H,11-12H2,1-2H3. The van der Waals surface area contributed by atoms with E-state index in [0.29, 0.717) is 0 Å². The van der Waals surface area contributed by atoms with Crippen LogP contribution in [0.3, 0.4) is 0 Å². The van der Waals surface area contributed by atoms with E-state index in [-0.39, 0.29) is 11.6 Å². The van der Waals surface area contributed by atoms with Crippen molar-refractivity contribution in [2.45, 2.75) is 31.9 Å². The highest BCUT2D eigenvalue weighted by Crippen LogP contribution is 2.42. The van der Waals surface area contributed by atoms with Crippen LogP contribution in [0.5, 0.6) is 5.75 Å². The second kappa shape index (κ2) is 5.70. The van der Waals surface area contributed by atoms with Gasteiger partial charge in [-0.05, 0) is 50.6 Å². The third-order valence-electron chi connectivity index (χ3n) is 3.97. The molecule has 1 heterocycles. The molecule has 1 aliphatic heterocycles. The number of rotatable bonds is 4. The number of nitrogens with one attached hydrogen (secondary N) is 1. The van der Waals surface area contributed by atoms with Crippen LogP contribution in [0.2, 0.25) is 5.02 Å². The van der Waals surface area contributed by atoms with Gasteiger partial charge < -0.3 is 10.1 Å². The summed E-state index contributed by atoms with van der Waals surface area (Å²) in [6, 6.07) is 16.5. The van der Waals surface area contributed by atoms with E-state index in [0.717, 1.165) is 23.7 Å². The lowest BCUT2D eigenvalue weighted by atomic mass is 9.94. The predicted molar refractivity (Wildman–Crippen MR) is 87.0 cm³/mol. The molecule has 110 valence electrons. The highest BCUT2D eigenvalue weighted by molar-refractivity contribution is 6.30. The zero-order valence-corrected chi connectivity index (χ0v) is 13.2. The second-order valence-electron chi connectivity index (χ2n) is 6.01. The Balaban J connectivity index is 1.66. The van der Waals surface area contributed by atoms with Crippen LogP contribution in [0.1, 0.15) is 31.0 Å². The van der Waals surface area contributed by atoms with Gasteiger partial charge in [0, 0.05) is 10.6 Å². The fourth-order valence-electron chi connectivity index (χ4n) is 2.90. The number of hydrogen-bond acceptors (Lipinski definition) is 2. The summed E-state index contributed by atoms with van der Waals surface area (Å²) in [5.41, 5.74) is 2.32.